The summed E-state index contributed by atoms with van der Waals surface area (Å²) in [4.78, 5) is 0.267. The molecule has 106 valence electrons. The number of hydrogen-bond donors (Lipinski definition) is 2. The van der Waals surface area contributed by atoms with Crippen molar-refractivity contribution in [2.75, 3.05) is 13.6 Å². The van der Waals surface area contributed by atoms with Crippen LogP contribution in [0.25, 0.3) is 11.1 Å². The Kier molecular flexibility index (Phi) is 4.54. The van der Waals surface area contributed by atoms with Crippen LogP contribution in [-0.2, 0) is 16.4 Å². The number of rotatable bonds is 5. The van der Waals surface area contributed by atoms with E-state index in [1.807, 2.05) is 36.4 Å². The second-order valence-electron chi connectivity index (χ2n) is 4.47. The Balaban J connectivity index is 2.26. The largest absolute Gasteiger partial charge is 0.330 e. The van der Waals surface area contributed by atoms with Crippen molar-refractivity contribution < 1.29 is 8.42 Å². The number of sulfonamides is 1. The quantitative estimate of drug-likeness (QED) is 0.881. The molecule has 3 N–H and O–H groups in total. The van der Waals surface area contributed by atoms with Gasteiger partial charge in [0.15, 0.2) is 0 Å². The van der Waals surface area contributed by atoms with Crippen molar-refractivity contribution in [1.29, 1.82) is 0 Å². The lowest BCUT2D eigenvalue weighted by molar-refractivity contribution is 0.588. The highest BCUT2D eigenvalue weighted by atomic mass is 32.2. The van der Waals surface area contributed by atoms with Crippen molar-refractivity contribution in [2.45, 2.75) is 11.3 Å². The molecule has 20 heavy (non-hydrogen) atoms. The first-order chi connectivity index (χ1) is 9.56. The molecule has 0 unspecified atom stereocenters. The Hall–Kier alpha value is -1.69. The molecule has 4 nitrogen and oxygen atoms in total. The molecule has 0 amide bonds. The number of benzene rings is 2. The zero-order valence-corrected chi connectivity index (χ0v) is 12.2. The molecule has 2 rings (SSSR count). The van der Waals surface area contributed by atoms with Crippen LogP contribution in [0.15, 0.2) is 53.4 Å². The molecule has 5 heteroatoms. The SMILES string of the molecule is CNS(=O)(=O)c1ccc(-c2ccc(CCN)cc2)cc1. The van der Waals surface area contributed by atoms with Crippen LogP contribution < -0.4 is 10.5 Å². The van der Waals surface area contributed by atoms with Crippen molar-refractivity contribution in [3.8, 4) is 11.1 Å². The van der Waals surface area contributed by atoms with Crippen molar-refractivity contribution >= 4 is 10.0 Å². The van der Waals surface area contributed by atoms with Crippen LogP contribution in [0.4, 0.5) is 0 Å². The van der Waals surface area contributed by atoms with Crippen LogP contribution in [0, 0.1) is 0 Å². The molecular weight excluding hydrogens is 272 g/mol. The Morgan fingerprint density at radius 2 is 1.45 bits per heavy atom. The summed E-state index contributed by atoms with van der Waals surface area (Å²) in [5.41, 5.74) is 8.76. The minimum Gasteiger partial charge on any atom is -0.330 e. The average Bonchev–Trinajstić information content (AvgIpc) is 2.48. The van der Waals surface area contributed by atoms with Gasteiger partial charge in [-0.15, -0.1) is 0 Å². The molecule has 0 radical (unpaired) electrons. The fraction of sp³-hybridized carbons (Fsp3) is 0.200. The molecule has 0 spiro atoms. The van der Waals surface area contributed by atoms with Gasteiger partial charge in [-0.25, -0.2) is 13.1 Å². The molecule has 0 saturated heterocycles. The second kappa shape index (κ2) is 6.17. The van der Waals surface area contributed by atoms with E-state index in [2.05, 4.69) is 4.72 Å². The van der Waals surface area contributed by atoms with E-state index >= 15 is 0 Å². The topological polar surface area (TPSA) is 72.2 Å². The Morgan fingerprint density at radius 3 is 1.90 bits per heavy atom. The summed E-state index contributed by atoms with van der Waals surface area (Å²) in [6.45, 7) is 0.635. The molecule has 0 aliphatic heterocycles. The maximum absolute atomic E-state index is 11.6. The minimum absolute atomic E-state index is 0.267. The van der Waals surface area contributed by atoms with Gasteiger partial charge in [-0.3, -0.25) is 0 Å². The standard InChI is InChI=1S/C15H18N2O2S/c1-17-20(18,19)15-8-6-14(7-9-15)13-4-2-12(3-5-13)10-11-16/h2-9,17H,10-11,16H2,1H3. The third kappa shape index (κ3) is 3.25. The van der Waals surface area contributed by atoms with Crippen LogP contribution in [0.3, 0.4) is 0 Å². The fourth-order valence-corrected chi connectivity index (χ4v) is 2.71. The zero-order valence-electron chi connectivity index (χ0n) is 11.3. The van der Waals surface area contributed by atoms with Crippen LogP contribution in [0.1, 0.15) is 5.56 Å². The summed E-state index contributed by atoms with van der Waals surface area (Å²) in [7, 11) is -1.97. The number of nitrogens with two attached hydrogens (primary N) is 1. The highest BCUT2D eigenvalue weighted by molar-refractivity contribution is 7.89. The van der Waals surface area contributed by atoms with Crippen molar-refractivity contribution in [1.82, 2.24) is 4.72 Å². The van der Waals surface area contributed by atoms with Gasteiger partial charge in [-0.1, -0.05) is 36.4 Å². The van der Waals surface area contributed by atoms with Gasteiger partial charge in [0.05, 0.1) is 4.90 Å². The van der Waals surface area contributed by atoms with Gasteiger partial charge < -0.3 is 5.73 Å². The molecule has 0 saturated carbocycles. The van der Waals surface area contributed by atoms with Crippen LogP contribution >= 0.6 is 0 Å². The van der Waals surface area contributed by atoms with Gasteiger partial charge in [0.1, 0.15) is 0 Å². The Labute approximate surface area is 119 Å². The first kappa shape index (κ1) is 14.7. The van der Waals surface area contributed by atoms with E-state index in [-0.39, 0.29) is 4.90 Å². The molecule has 2 aromatic rings. The lowest BCUT2D eigenvalue weighted by Crippen LogP contribution is -2.18. The summed E-state index contributed by atoms with van der Waals surface area (Å²) < 4.78 is 25.6. The third-order valence-electron chi connectivity index (χ3n) is 3.15. The summed E-state index contributed by atoms with van der Waals surface area (Å²) in [5, 5.41) is 0. The molecule has 0 aliphatic rings. The van der Waals surface area contributed by atoms with Gasteiger partial charge >= 0.3 is 0 Å². The lowest BCUT2D eigenvalue weighted by atomic mass is 10.0. The molecule has 2 aromatic carbocycles. The Bertz CT molecular complexity index is 662. The zero-order chi connectivity index (χ0) is 14.6. The lowest BCUT2D eigenvalue weighted by Gasteiger charge is -2.06. The predicted molar refractivity (Wildman–Crippen MR) is 80.9 cm³/mol. The van der Waals surface area contributed by atoms with E-state index in [1.165, 1.54) is 12.6 Å². The molecule has 0 atom stereocenters. The average molecular weight is 290 g/mol. The van der Waals surface area contributed by atoms with Gasteiger partial charge in [0.2, 0.25) is 10.0 Å². The van der Waals surface area contributed by atoms with E-state index in [9.17, 15) is 8.42 Å². The summed E-state index contributed by atoms with van der Waals surface area (Å²) in [5.74, 6) is 0. The molecule has 0 heterocycles. The van der Waals surface area contributed by atoms with Crippen LogP contribution in [0.5, 0.6) is 0 Å². The first-order valence-corrected chi connectivity index (χ1v) is 7.88. The van der Waals surface area contributed by atoms with Gasteiger partial charge in [0.25, 0.3) is 0 Å². The van der Waals surface area contributed by atoms with E-state index in [4.69, 9.17) is 5.73 Å². The van der Waals surface area contributed by atoms with Crippen LogP contribution in [-0.4, -0.2) is 22.0 Å². The number of nitrogens with one attached hydrogen (secondary N) is 1. The monoisotopic (exact) mass is 290 g/mol. The minimum atomic E-state index is -3.38. The molecule has 0 aromatic heterocycles. The maximum atomic E-state index is 11.6. The summed E-state index contributed by atoms with van der Waals surface area (Å²) in [6, 6.07) is 15.0. The molecule has 0 bridgehead atoms. The van der Waals surface area contributed by atoms with E-state index in [1.54, 1.807) is 12.1 Å². The maximum Gasteiger partial charge on any atom is 0.240 e. The van der Waals surface area contributed by atoms with Crippen molar-refractivity contribution in [3.05, 3.63) is 54.1 Å². The molecular formula is C15H18N2O2S. The predicted octanol–water partition coefficient (Wildman–Crippen LogP) is 1.76. The number of hydrogen-bond acceptors (Lipinski definition) is 3. The van der Waals surface area contributed by atoms with Gasteiger partial charge in [-0.2, -0.15) is 0 Å². The summed E-state index contributed by atoms with van der Waals surface area (Å²) in [6.07, 6.45) is 0.861. The smallest absolute Gasteiger partial charge is 0.240 e. The second-order valence-corrected chi connectivity index (χ2v) is 6.35. The van der Waals surface area contributed by atoms with Gasteiger partial charge in [0, 0.05) is 0 Å². The molecule has 0 aliphatic carbocycles. The third-order valence-corrected chi connectivity index (χ3v) is 4.58. The van der Waals surface area contributed by atoms with E-state index in [0.29, 0.717) is 6.54 Å². The van der Waals surface area contributed by atoms with E-state index in [0.717, 1.165) is 17.5 Å². The molecule has 0 fully saturated rings. The van der Waals surface area contributed by atoms with Crippen LogP contribution in [0.2, 0.25) is 0 Å². The normalized spacial score (nSPS) is 11.5. The summed E-state index contributed by atoms with van der Waals surface area (Å²) >= 11 is 0. The van der Waals surface area contributed by atoms with E-state index < -0.39 is 10.0 Å². The fourth-order valence-electron chi connectivity index (χ4n) is 1.97. The van der Waals surface area contributed by atoms with Gasteiger partial charge in [-0.05, 0) is 48.8 Å². The highest BCUT2D eigenvalue weighted by Gasteiger charge is 2.10. The highest BCUT2D eigenvalue weighted by Crippen LogP contribution is 2.21. The first-order valence-electron chi connectivity index (χ1n) is 6.40. The van der Waals surface area contributed by atoms with Crippen molar-refractivity contribution in [3.63, 3.8) is 0 Å². The van der Waals surface area contributed by atoms with Crippen molar-refractivity contribution in [2.24, 2.45) is 5.73 Å². The Morgan fingerprint density at radius 1 is 0.950 bits per heavy atom.